The van der Waals surface area contributed by atoms with Crippen LogP contribution in [0.3, 0.4) is 0 Å². The summed E-state index contributed by atoms with van der Waals surface area (Å²) in [4.78, 5) is 22.1. The number of aliphatic carboxylic acids is 1. The fraction of sp³-hybridized carbons (Fsp3) is 0.375. The van der Waals surface area contributed by atoms with Crippen LogP contribution in [0.2, 0.25) is 0 Å². The van der Waals surface area contributed by atoms with Crippen molar-refractivity contribution < 1.29 is 24.2 Å². The van der Waals surface area contributed by atoms with Crippen LogP contribution in [0.15, 0.2) is 23.9 Å². The molecule has 0 heterocycles. The van der Waals surface area contributed by atoms with Gasteiger partial charge in [0, 0.05) is 6.92 Å². The van der Waals surface area contributed by atoms with Gasteiger partial charge in [-0.1, -0.05) is 13.0 Å². The molecule has 2 N–H and O–H groups in total. The number of amides is 1. The number of methoxy groups -OCH3 is 1. The Morgan fingerprint density at radius 2 is 2.05 bits per heavy atom. The highest BCUT2D eigenvalue weighted by Gasteiger charge is 2.12. The van der Waals surface area contributed by atoms with Crippen LogP contribution in [0.1, 0.15) is 32.8 Å². The Hall–Kier alpha value is -2.50. The summed E-state index contributed by atoms with van der Waals surface area (Å²) in [5, 5.41) is 11.3. The Balaban J connectivity index is 3.10. The number of carbonyl (C=O) groups excluding carboxylic acids is 1. The molecule has 1 unspecified atom stereocenters. The minimum absolute atomic E-state index is 0.0456. The molecule has 0 aliphatic heterocycles. The summed E-state index contributed by atoms with van der Waals surface area (Å²) in [7, 11) is 1.51. The lowest BCUT2D eigenvalue weighted by molar-refractivity contribution is -0.134. The van der Waals surface area contributed by atoms with E-state index in [1.807, 2.05) is 13.8 Å². The minimum atomic E-state index is -1.21. The first kappa shape index (κ1) is 17.6. The van der Waals surface area contributed by atoms with Gasteiger partial charge in [-0.2, -0.15) is 0 Å². The van der Waals surface area contributed by atoms with Crippen molar-refractivity contribution >= 4 is 18.0 Å². The summed E-state index contributed by atoms with van der Waals surface area (Å²) in [6, 6.07) is 5.07. The number of carboxylic acid groups (broad SMARTS) is 1. The fourth-order valence-corrected chi connectivity index (χ4v) is 1.68. The van der Waals surface area contributed by atoms with E-state index in [4.69, 9.17) is 14.6 Å². The molecule has 22 heavy (non-hydrogen) atoms. The molecular formula is C16H21NO5. The van der Waals surface area contributed by atoms with E-state index in [1.165, 1.54) is 20.1 Å². The van der Waals surface area contributed by atoms with Gasteiger partial charge in [0.2, 0.25) is 5.91 Å². The summed E-state index contributed by atoms with van der Waals surface area (Å²) >= 11 is 0. The molecule has 0 aromatic heterocycles. The van der Waals surface area contributed by atoms with E-state index < -0.39 is 11.9 Å². The number of carbonyl (C=O) groups is 2. The second-order valence-electron chi connectivity index (χ2n) is 4.79. The largest absolute Gasteiger partial charge is 0.493 e. The molecule has 0 bridgehead atoms. The molecule has 1 atom stereocenters. The molecule has 6 nitrogen and oxygen atoms in total. The third-order valence-corrected chi connectivity index (χ3v) is 2.94. The van der Waals surface area contributed by atoms with Crippen LogP contribution in [-0.2, 0) is 9.59 Å². The second-order valence-corrected chi connectivity index (χ2v) is 4.79. The summed E-state index contributed by atoms with van der Waals surface area (Å²) in [6.45, 7) is 5.22. The van der Waals surface area contributed by atoms with Crippen molar-refractivity contribution in [1.82, 2.24) is 5.32 Å². The smallest absolute Gasteiger partial charge is 0.352 e. The molecule has 0 fully saturated rings. The Morgan fingerprint density at radius 3 is 2.55 bits per heavy atom. The van der Waals surface area contributed by atoms with Gasteiger partial charge in [-0.3, -0.25) is 4.79 Å². The zero-order valence-corrected chi connectivity index (χ0v) is 13.2. The first-order chi connectivity index (χ1) is 10.4. The number of rotatable bonds is 7. The van der Waals surface area contributed by atoms with Gasteiger partial charge in [-0.05, 0) is 37.1 Å². The Labute approximate surface area is 129 Å². The maximum Gasteiger partial charge on any atom is 0.352 e. The van der Waals surface area contributed by atoms with Crippen molar-refractivity contribution in [2.24, 2.45) is 0 Å². The molecule has 0 spiro atoms. The van der Waals surface area contributed by atoms with Crippen LogP contribution >= 0.6 is 0 Å². The summed E-state index contributed by atoms with van der Waals surface area (Å²) in [6.07, 6.45) is 2.26. The van der Waals surface area contributed by atoms with Crippen LogP contribution in [0.5, 0.6) is 11.5 Å². The van der Waals surface area contributed by atoms with Crippen LogP contribution < -0.4 is 14.8 Å². The van der Waals surface area contributed by atoms with Crippen LogP contribution in [0, 0.1) is 0 Å². The molecule has 1 aromatic carbocycles. The van der Waals surface area contributed by atoms with Crippen molar-refractivity contribution in [3.63, 3.8) is 0 Å². The topological polar surface area (TPSA) is 84.9 Å². The highest BCUT2D eigenvalue weighted by Crippen LogP contribution is 2.30. The van der Waals surface area contributed by atoms with E-state index in [1.54, 1.807) is 18.2 Å². The standard InChI is InChI=1S/C16H21NO5/c1-5-10(2)22-14-7-6-12(9-15(14)21-4)8-13(16(19)20)17-11(3)18/h6-10H,5H2,1-4H3,(H,17,18)(H,19,20)/b13-8-. The average molecular weight is 307 g/mol. The van der Waals surface area contributed by atoms with Gasteiger partial charge in [0.15, 0.2) is 11.5 Å². The quantitative estimate of drug-likeness (QED) is 0.756. The number of ether oxygens (including phenoxy) is 2. The maximum atomic E-state index is 11.1. The normalized spacial score (nSPS) is 12.5. The number of nitrogens with one attached hydrogen (secondary N) is 1. The molecule has 0 radical (unpaired) electrons. The van der Waals surface area contributed by atoms with E-state index in [9.17, 15) is 9.59 Å². The highest BCUT2D eigenvalue weighted by molar-refractivity contribution is 5.96. The summed E-state index contributed by atoms with van der Waals surface area (Å²) in [5.74, 6) is -0.571. The third kappa shape index (κ3) is 5.12. The van der Waals surface area contributed by atoms with E-state index in [-0.39, 0.29) is 11.8 Å². The predicted molar refractivity (Wildman–Crippen MR) is 82.8 cm³/mol. The molecular weight excluding hydrogens is 286 g/mol. The van der Waals surface area contributed by atoms with Crippen LogP contribution in [0.25, 0.3) is 6.08 Å². The molecule has 1 amide bonds. The number of hydrogen-bond acceptors (Lipinski definition) is 4. The van der Waals surface area contributed by atoms with Crippen molar-refractivity contribution in [1.29, 1.82) is 0 Å². The molecule has 1 aromatic rings. The summed E-state index contributed by atoms with van der Waals surface area (Å²) < 4.78 is 11.0. The number of carboxylic acids is 1. The van der Waals surface area contributed by atoms with Crippen molar-refractivity contribution in [3.8, 4) is 11.5 Å². The van der Waals surface area contributed by atoms with Crippen LogP contribution in [-0.4, -0.2) is 30.2 Å². The van der Waals surface area contributed by atoms with E-state index >= 15 is 0 Å². The number of hydrogen-bond donors (Lipinski definition) is 2. The molecule has 120 valence electrons. The minimum Gasteiger partial charge on any atom is -0.493 e. The zero-order chi connectivity index (χ0) is 16.7. The van der Waals surface area contributed by atoms with E-state index in [0.29, 0.717) is 17.1 Å². The van der Waals surface area contributed by atoms with Crippen molar-refractivity contribution in [3.05, 3.63) is 29.5 Å². The fourth-order valence-electron chi connectivity index (χ4n) is 1.68. The maximum absolute atomic E-state index is 11.1. The van der Waals surface area contributed by atoms with Gasteiger partial charge in [0.1, 0.15) is 5.70 Å². The lowest BCUT2D eigenvalue weighted by atomic mass is 10.1. The first-order valence-corrected chi connectivity index (χ1v) is 6.94. The van der Waals surface area contributed by atoms with Crippen molar-refractivity contribution in [2.45, 2.75) is 33.3 Å². The van der Waals surface area contributed by atoms with Gasteiger partial charge in [-0.15, -0.1) is 0 Å². The van der Waals surface area contributed by atoms with E-state index in [2.05, 4.69) is 5.32 Å². The van der Waals surface area contributed by atoms with Crippen LogP contribution in [0.4, 0.5) is 0 Å². The lowest BCUT2D eigenvalue weighted by Crippen LogP contribution is -2.24. The predicted octanol–water partition coefficient (Wildman–Crippen LogP) is 2.43. The molecule has 0 aliphatic carbocycles. The Morgan fingerprint density at radius 1 is 1.36 bits per heavy atom. The summed E-state index contributed by atoms with van der Waals surface area (Å²) in [5.41, 5.74) is 0.379. The number of benzene rings is 1. The second kappa shape index (κ2) is 8.07. The average Bonchev–Trinajstić information content (AvgIpc) is 2.47. The lowest BCUT2D eigenvalue weighted by Gasteiger charge is -2.16. The monoisotopic (exact) mass is 307 g/mol. The zero-order valence-electron chi connectivity index (χ0n) is 13.2. The molecule has 1 rings (SSSR count). The van der Waals surface area contributed by atoms with Gasteiger partial charge < -0.3 is 19.9 Å². The first-order valence-electron chi connectivity index (χ1n) is 6.94. The van der Waals surface area contributed by atoms with Gasteiger partial charge in [-0.25, -0.2) is 4.79 Å². The third-order valence-electron chi connectivity index (χ3n) is 2.94. The Kier molecular flexibility index (Phi) is 6.44. The Bertz CT molecular complexity index is 580. The van der Waals surface area contributed by atoms with Crippen molar-refractivity contribution in [2.75, 3.05) is 7.11 Å². The van der Waals surface area contributed by atoms with Gasteiger partial charge in [0.25, 0.3) is 0 Å². The molecule has 0 saturated heterocycles. The van der Waals surface area contributed by atoms with E-state index in [0.717, 1.165) is 6.42 Å². The van der Waals surface area contributed by atoms with Gasteiger partial charge in [0.05, 0.1) is 13.2 Å². The highest BCUT2D eigenvalue weighted by atomic mass is 16.5. The molecule has 0 saturated carbocycles. The molecule has 0 aliphatic rings. The SMILES string of the molecule is CCC(C)Oc1ccc(/C=C(\NC(C)=O)C(=O)O)cc1OC. The van der Waals surface area contributed by atoms with Gasteiger partial charge >= 0.3 is 5.97 Å². The molecule has 6 heteroatoms.